The summed E-state index contributed by atoms with van der Waals surface area (Å²) in [6.07, 6.45) is 4.91. The number of thiazole rings is 1. The van der Waals surface area contributed by atoms with Gasteiger partial charge in [-0.25, -0.2) is 9.37 Å². The number of alkyl halides is 1. The molecule has 8 heteroatoms. The number of benzene rings is 1. The number of aromatic nitrogens is 3. The number of nitrogens with zero attached hydrogens (tertiary/aromatic N) is 3. The molecular weight excluding hydrogens is 343 g/mol. The van der Waals surface area contributed by atoms with Crippen molar-refractivity contribution in [2.75, 3.05) is 18.6 Å². The molecule has 0 spiro atoms. The van der Waals surface area contributed by atoms with Gasteiger partial charge in [-0.3, -0.25) is 14.2 Å². The van der Waals surface area contributed by atoms with Gasteiger partial charge in [0.1, 0.15) is 24.7 Å². The number of amides is 1. The molecule has 1 amide bonds. The summed E-state index contributed by atoms with van der Waals surface area (Å²) >= 11 is 1.44. The lowest BCUT2D eigenvalue weighted by atomic mass is 10.3. The van der Waals surface area contributed by atoms with Crippen molar-refractivity contribution >= 4 is 38.1 Å². The molecule has 0 aliphatic heterocycles. The third-order valence-corrected chi connectivity index (χ3v) is 4.58. The topological polar surface area (TPSA) is 68.5 Å². The van der Waals surface area contributed by atoms with Gasteiger partial charge in [0.05, 0.1) is 22.1 Å². The van der Waals surface area contributed by atoms with Gasteiger partial charge in [-0.15, -0.1) is 0 Å². The van der Waals surface area contributed by atoms with Crippen LogP contribution in [0.1, 0.15) is 10.5 Å². The normalized spacial score (nSPS) is 11.1. The molecule has 0 saturated heterocycles. The van der Waals surface area contributed by atoms with E-state index in [-0.39, 0.29) is 12.5 Å². The van der Waals surface area contributed by atoms with E-state index in [9.17, 15) is 9.18 Å². The minimum absolute atomic E-state index is 0.0344. The standard InChI is InChI=1S/C17H13FN4O2S/c18-5-7-24-12-3-4-14-15(8-12)25-17-21-13(10-22(14)17)16(23)20-11-2-1-6-19-9-11/h1-4,6,8-10H,5,7H2,(H,20,23). The number of hydrogen-bond acceptors (Lipinski definition) is 5. The zero-order chi connectivity index (χ0) is 17.2. The predicted molar refractivity (Wildman–Crippen MR) is 94.2 cm³/mol. The lowest BCUT2D eigenvalue weighted by Gasteiger charge is -2.03. The van der Waals surface area contributed by atoms with E-state index in [4.69, 9.17) is 4.74 Å². The highest BCUT2D eigenvalue weighted by Gasteiger charge is 2.15. The Bertz CT molecular complexity index is 1040. The molecule has 0 aliphatic rings. The summed E-state index contributed by atoms with van der Waals surface area (Å²) in [7, 11) is 0. The van der Waals surface area contributed by atoms with Gasteiger partial charge in [0, 0.05) is 12.4 Å². The molecule has 4 aromatic rings. The maximum absolute atomic E-state index is 12.3. The van der Waals surface area contributed by atoms with Crippen LogP contribution in [0.3, 0.4) is 0 Å². The summed E-state index contributed by atoms with van der Waals surface area (Å²) in [5.74, 6) is 0.323. The lowest BCUT2D eigenvalue weighted by Crippen LogP contribution is -2.12. The van der Waals surface area contributed by atoms with E-state index in [1.54, 1.807) is 36.8 Å². The highest BCUT2D eigenvalue weighted by Crippen LogP contribution is 2.29. The highest BCUT2D eigenvalue weighted by molar-refractivity contribution is 7.23. The van der Waals surface area contributed by atoms with Crippen LogP contribution in [0.5, 0.6) is 5.75 Å². The van der Waals surface area contributed by atoms with Crippen molar-refractivity contribution < 1.29 is 13.9 Å². The fraction of sp³-hybridized carbons (Fsp3) is 0.118. The zero-order valence-electron chi connectivity index (χ0n) is 13.0. The first kappa shape index (κ1) is 15.5. The van der Waals surface area contributed by atoms with Gasteiger partial charge in [0.25, 0.3) is 5.91 Å². The molecule has 6 nitrogen and oxygen atoms in total. The van der Waals surface area contributed by atoms with Crippen LogP contribution >= 0.6 is 11.3 Å². The molecule has 0 aliphatic carbocycles. The SMILES string of the molecule is O=C(Nc1cccnc1)c1cn2c(n1)sc1cc(OCCF)ccc12. The smallest absolute Gasteiger partial charge is 0.275 e. The Balaban J connectivity index is 1.63. The van der Waals surface area contributed by atoms with Crippen LogP contribution in [-0.2, 0) is 0 Å². The third-order valence-electron chi connectivity index (χ3n) is 3.56. The van der Waals surface area contributed by atoms with Gasteiger partial charge < -0.3 is 10.1 Å². The van der Waals surface area contributed by atoms with Crippen LogP contribution in [0, 0.1) is 0 Å². The molecule has 25 heavy (non-hydrogen) atoms. The summed E-state index contributed by atoms with van der Waals surface area (Å²) in [4.78, 5) is 21.4. The third kappa shape index (κ3) is 3.03. The molecule has 0 radical (unpaired) electrons. The maximum atomic E-state index is 12.3. The molecular formula is C17H13FN4O2S. The minimum atomic E-state index is -0.527. The summed E-state index contributed by atoms with van der Waals surface area (Å²) in [6, 6.07) is 9.01. The first-order valence-corrected chi connectivity index (χ1v) is 8.38. The Morgan fingerprint density at radius 1 is 1.36 bits per heavy atom. The number of hydrogen-bond donors (Lipinski definition) is 1. The van der Waals surface area contributed by atoms with Crippen LogP contribution in [0.4, 0.5) is 10.1 Å². The van der Waals surface area contributed by atoms with Crippen LogP contribution in [0.2, 0.25) is 0 Å². The van der Waals surface area contributed by atoms with Gasteiger partial charge in [-0.1, -0.05) is 11.3 Å². The minimum Gasteiger partial charge on any atom is -0.491 e. The number of carbonyl (C=O) groups is 1. The monoisotopic (exact) mass is 356 g/mol. The van der Waals surface area contributed by atoms with Gasteiger partial charge in [-0.2, -0.15) is 0 Å². The van der Waals surface area contributed by atoms with E-state index in [1.807, 2.05) is 16.5 Å². The van der Waals surface area contributed by atoms with E-state index < -0.39 is 6.67 Å². The Labute approximate surface area is 145 Å². The summed E-state index contributed by atoms with van der Waals surface area (Å²) in [6.45, 7) is -0.492. The predicted octanol–water partition coefficient (Wildman–Crippen LogP) is 3.54. The quantitative estimate of drug-likeness (QED) is 0.594. The van der Waals surface area contributed by atoms with Gasteiger partial charge in [0.15, 0.2) is 4.96 Å². The number of carbonyl (C=O) groups excluding carboxylic acids is 1. The van der Waals surface area contributed by atoms with Crippen molar-refractivity contribution in [2.45, 2.75) is 0 Å². The number of ether oxygens (including phenoxy) is 1. The fourth-order valence-corrected chi connectivity index (χ4v) is 3.50. The van der Waals surface area contributed by atoms with Crippen LogP contribution in [0.25, 0.3) is 15.2 Å². The van der Waals surface area contributed by atoms with Crippen molar-refractivity contribution in [3.63, 3.8) is 0 Å². The van der Waals surface area contributed by atoms with Gasteiger partial charge >= 0.3 is 0 Å². The summed E-state index contributed by atoms with van der Waals surface area (Å²) < 4.78 is 20.3. The molecule has 0 unspecified atom stereocenters. The van der Waals surface area contributed by atoms with E-state index in [0.29, 0.717) is 22.1 Å². The first-order valence-electron chi connectivity index (χ1n) is 7.56. The second-order valence-electron chi connectivity index (χ2n) is 5.24. The number of rotatable bonds is 5. The van der Waals surface area contributed by atoms with E-state index >= 15 is 0 Å². The molecule has 1 N–H and O–H groups in total. The molecule has 0 atom stereocenters. The number of nitrogens with one attached hydrogen (secondary N) is 1. The van der Waals surface area contributed by atoms with E-state index in [1.165, 1.54) is 11.3 Å². The molecule has 126 valence electrons. The van der Waals surface area contributed by atoms with Crippen molar-refractivity contribution in [1.82, 2.24) is 14.4 Å². The van der Waals surface area contributed by atoms with Gasteiger partial charge in [-0.05, 0) is 30.3 Å². The Morgan fingerprint density at radius 2 is 2.28 bits per heavy atom. The largest absolute Gasteiger partial charge is 0.491 e. The zero-order valence-corrected chi connectivity index (χ0v) is 13.8. The molecule has 0 fully saturated rings. The van der Waals surface area contributed by atoms with Crippen LogP contribution in [-0.4, -0.2) is 33.6 Å². The van der Waals surface area contributed by atoms with E-state index in [0.717, 1.165) is 10.2 Å². The average molecular weight is 356 g/mol. The number of fused-ring (bicyclic) bond motifs is 3. The van der Waals surface area contributed by atoms with Crippen LogP contribution < -0.4 is 10.1 Å². The second-order valence-corrected chi connectivity index (χ2v) is 6.25. The number of pyridine rings is 1. The molecule has 0 bridgehead atoms. The number of anilines is 1. The molecule has 4 rings (SSSR count). The van der Waals surface area contributed by atoms with Crippen molar-refractivity contribution in [2.24, 2.45) is 0 Å². The fourth-order valence-electron chi connectivity index (χ4n) is 2.47. The molecule has 1 aromatic carbocycles. The van der Waals surface area contributed by atoms with Crippen LogP contribution in [0.15, 0.2) is 48.9 Å². The van der Waals surface area contributed by atoms with Gasteiger partial charge in [0.2, 0.25) is 0 Å². The molecule has 3 aromatic heterocycles. The Morgan fingerprint density at radius 3 is 3.08 bits per heavy atom. The Hall–Kier alpha value is -3.00. The lowest BCUT2D eigenvalue weighted by molar-refractivity contribution is 0.102. The second kappa shape index (κ2) is 6.48. The van der Waals surface area contributed by atoms with Crippen molar-refractivity contribution in [3.05, 3.63) is 54.6 Å². The van der Waals surface area contributed by atoms with Crippen molar-refractivity contribution in [1.29, 1.82) is 0 Å². The van der Waals surface area contributed by atoms with E-state index in [2.05, 4.69) is 15.3 Å². The molecule has 3 heterocycles. The first-order chi connectivity index (χ1) is 12.2. The summed E-state index contributed by atoms with van der Waals surface area (Å²) in [5, 5.41) is 2.76. The number of halogens is 1. The summed E-state index contributed by atoms with van der Waals surface area (Å²) in [5.41, 5.74) is 1.86. The number of imidazole rings is 1. The Kier molecular flexibility index (Phi) is 4.02. The average Bonchev–Trinajstić information content (AvgIpc) is 3.18. The molecule has 0 saturated carbocycles. The highest BCUT2D eigenvalue weighted by atomic mass is 32.1. The van der Waals surface area contributed by atoms with Crippen molar-refractivity contribution in [3.8, 4) is 5.75 Å². The maximum Gasteiger partial charge on any atom is 0.275 e.